The van der Waals surface area contributed by atoms with Gasteiger partial charge in [-0.05, 0) is 0 Å². The summed E-state index contributed by atoms with van der Waals surface area (Å²) < 4.78 is 2.47. The summed E-state index contributed by atoms with van der Waals surface area (Å²) >= 11 is -1.93. The Kier molecular flexibility index (Phi) is 6.73. The summed E-state index contributed by atoms with van der Waals surface area (Å²) in [5, 5.41) is 3.55. The number of allylic oxidation sites excluding steroid dienone is 1. The Labute approximate surface area is 245 Å². The van der Waals surface area contributed by atoms with Gasteiger partial charge in [0.25, 0.3) is 0 Å². The Balaban J connectivity index is 0.00000132. The van der Waals surface area contributed by atoms with Crippen LogP contribution in [0.25, 0.3) is 39.5 Å². The third-order valence-corrected chi connectivity index (χ3v) is 30.9. The van der Waals surface area contributed by atoms with Gasteiger partial charge in [-0.1, -0.05) is 0 Å². The van der Waals surface area contributed by atoms with Crippen LogP contribution >= 0.6 is 0 Å². The molecule has 183 valence electrons. The normalized spacial score (nSPS) is 17.3. The van der Waals surface area contributed by atoms with E-state index in [1.807, 2.05) is 3.27 Å². The first-order valence-corrected chi connectivity index (χ1v) is 21.5. The van der Waals surface area contributed by atoms with E-state index in [0.717, 1.165) is 0 Å². The van der Waals surface area contributed by atoms with E-state index in [2.05, 4.69) is 128 Å². The molecule has 0 amide bonds. The molecule has 2 heterocycles. The average molecular weight is 624 g/mol. The standard InChI is InChI=1S/C22H17.C12H8Si.2ClH.Zr/c1-16-14-19-12-13-20(17-8-4-2-5-9-17)22(21(19)15-16)18-10-6-3-7-11-18;1-3-7-11-9(5-1)10-6-2-4-8-12(10)13-11;;;/h2-15H,1H3;1-7,13H;2*1H;/q;;;;+2/p-2. The van der Waals surface area contributed by atoms with E-state index in [4.69, 9.17) is 0 Å². The second kappa shape index (κ2) is 9.92. The fraction of sp³-hybridized carbons (Fsp3) is 0.0588. The van der Waals surface area contributed by atoms with Gasteiger partial charge in [0.05, 0.1) is 0 Å². The fourth-order valence-electron chi connectivity index (χ4n) is 7.02. The number of fused-ring (bicyclic) bond motifs is 4. The zero-order valence-corrected chi connectivity index (χ0v) is 26.1. The van der Waals surface area contributed by atoms with E-state index in [0.29, 0.717) is 3.63 Å². The topological polar surface area (TPSA) is 0 Å². The second-order valence-corrected chi connectivity index (χ2v) is 25.3. The molecule has 0 saturated carbocycles. The average Bonchev–Trinajstić information content (AvgIpc) is 3.42. The Morgan fingerprint density at radius 2 is 1.26 bits per heavy atom. The van der Waals surface area contributed by atoms with Gasteiger partial charge in [-0.3, -0.25) is 0 Å². The van der Waals surface area contributed by atoms with E-state index in [-0.39, 0.29) is 24.8 Å². The molecule has 5 aromatic carbocycles. The Bertz CT molecular complexity index is 1710. The van der Waals surface area contributed by atoms with Crippen molar-refractivity contribution < 1.29 is 45.7 Å². The van der Waals surface area contributed by atoms with Gasteiger partial charge >= 0.3 is 222 Å². The molecule has 0 saturated heterocycles. The summed E-state index contributed by atoms with van der Waals surface area (Å²) in [5.41, 5.74) is 13.2. The van der Waals surface area contributed by atoms with Crippen LogP contribution in [0.1, 0.15) is 21.7 Å². The van der Waals surface area contributed by atoms with Crippen molar-refractivity contribution in [1.82, 2.24) is 0 Å². The molecular weight excluding hydrogens is 599 g/mol. The van der Waals surface area contributed by atoms with E-state index in [9.17, 15) is 0 Å². The van der Waals surface area contributed by atoms with Gasteiger partial charge in [-0.25, -0.2) is 0 Å². The van der Waals surface area contributed by atoms with Crippen molar-refractivity contribution in [2.24, 2.45) is 0 Å². The molecule has 38 heavy (non-hydrogen) atoms. The maximum atomic E-state index is 2.55. The van der Waals surface area contributed by atoms with Crippen LogP contribution in [0.3, 0.4) is 0 Å². The van der Waals surface area contributed by atoms with E-state index >= 15 is 0 Å². The van der Waals surface area contributed by atoms with Crippen molar-refractivity contribution in [3.8, 4) is 33.4 Å². The molecule has 0 aromatic heterocycles. The van der Waals surface area contributed by atoms with E-state index < -0.39 is 26.8 Å². The van der Waals surface area contributed by atoms with Gasteiger partial charge in [-0.15, -0.1) is 0 Å². The van der Waals surface area contributed by atoms with Crippen molar-refractivity contribution in [2.45, 2.75) is 10.5 Å². The Morgan fingerprint density at radius 1 is 0.605 bits per heavy atom. The third kappa shape index (κ3) is 3.58. The predicted molar refractivity (Wildman–Crippen MR) is 152 cm³/mol. The Hall–Kier alpha value is -2.48. The van der Waals surface area contributed by atoms with Crippen molar-refractivity contribution in [3.05, 3.63) is 132 Å². The SMILES string of the molecule is CC1=Cc2c(ccc(-c3ccccc3)c2-c2ccccc2)[CH]1[Zr+2]1[c]2cccc3c2[SiH]1c1ccccc1-3.[Cl-].[Cl-]. The van der Waals surface area contributed by atoms with Gasteiger partial charge < -0.3 is 24.8 Å². The third-order valence-electron chi connectivity index (χ3n) is 8.45. The van der Waals surface area contributed by atoms with Crippen molar-refractivity contribution in [3.63, 3.8) is 0 Å². The minimum Gasteiger partial charge on any atom is -1.00 e. The summed E-state index contributed by atoms with van der Waals surface area (Å²) in [6.45, 7) is 2.42. The van der Waals surface area contributed by atoms with E-state index in [1.54, 1.807) is 32.6 Å². The number of rotatable bonds is 3. The van der Waals surface area contributed by atoms with Crippen molar-refractivity contribution in [2.75, 3.05) is 0 Å². The fourth-order valence-corrected chi connectivity index (χ4v) is 33.4. The van der Waals surface area contributed by atoms with Crippen molar-refractivity contribution >= 4 is 25.6 Å². The maximum absolute atomic E-state index is 2.55. The van der Waals surface area contributed by atoms with Crippen LogP contribution in [0.2, 0.25) is 0 Å². The summed E-state index contributed by atoms with van der Waals surface area (Å²) in [6.07, 6.45) is 2.55. The first-order valence-electron chi connectivity index (χ1n) is 12.9. The van der Waals surface area contributed by atoms with Crippen LogP contribution in [-0.4, -0.2) is 5.92 Å². The molecule has 1 aliphatic carbocycles. The molecule has 2 aliphatic heterocycles. The van der Waals surface area contributed by atoms with Gasteiger partial charge in [0, 0.05) is 0 Å². The minimum absolute atomic E-state index is 0. The molecule has 5 aromatic rings. The number of hydrogen-bond acceptors (Lipinski definition) is 0. The van der Waals surface area contributed by atoms with Crippen LogP contribution in [0.5, 0.6) is 0 Å². The van der Waals surface area contributed by atoms with E-state index in [1.165, 1.54) is 27.8 Å². The van der Waals surface area contributed by atoms with Crippen LogP contribution in [-0.2, 0) is 20.9 Å². The summed E-state index contributed by atoms with van der Waals surface area (Å²) in [6, 6.07) is 43.5. The number of hydrogen-bond donors (Lipinski definition) is 0. The molecule has 0 bridgehead atoms. The largest absolute Gasteiger partial charge is 1.00 e. The Morgan fingerprint density at radius 3 is 2.03 bits per heavy atom. The molecule has 2 unspecified atom stereocenters. The molecule has 3 aliphatic rings. The van der Waals surface area contributed by atoms with Gasteiger partial charge in [0.1, 0.15) is 0 Å². The van der Waals surface area contributed by atoms with Gasteiger partial charge in [0.15, 0.2) is 0 Å². The second-order valence-electron chi connectivity index (χ2n) is 10.3. The zero-order chi connectivity index (χ0) is 23.8. The molecule has 4 heteroatoms. The molecule has 0 radical (unpaired) electrons. The number of benzene rings is 5. The molecule has 0 fully saturated rings. The predicted octanol–water partition coefficient (Wildman–Crippen LogP) is 0.262. The summed E-state index contributed by atoms with van der Waals surface area (Å²) in [5.74, 6) is -1.05. The summed E-state index contributed by atoms with van der Waals surface area (Å²) in [7, 11) is 0. The maximum Gasteiger partial charge on any atom is -1.00 e. The first-order chi connectivity index (χ1) is 17.8. The van der Waals surface area contributed by atoms with Crippen LogP contribution < -0.4 is 38.5 Å². The van der Waals surface area contributed by atoms with Crippen LogP contribution in [0.4, 0.5) is 0 Å². The summed E-state index contributed by atoms with van der Waals surface area (Å²) in [4.78, 5) is 0. The van der Waals surface area contributed by atoms with Gasteiger partial charge in [-0.2, -0.15) is 0 Å². The molecule has 8 rings (SSSR count). The molecule has 0 nitrogen and oxygen atoms in total. The number of halogens is 2. The molecule has 2 atom stereocenters. The zero-order valence-electron chi connectivity index (χ0n) is 21.0. The van der Waals surface area contributed by atoms with Gasteiger partial charge in [0.2, 0.25) is 0 Å². The minimum atomic E-state index is -1.93. The molecule has 0 spiro atoms. The first kappa shape index (κ1) is 25.8. The van der Waals surface area contributed by atoms with Crippen LogP contribution in [0.15, 0.2) is 121 Å². The quantitative estimate of drug-likeness (QED) is 0.253. The molecular formula is C34H25Cl2SiZr. The molecule has 0 N–H and O–H groups in total. The monoisotopic (exact) mass is 621 g/mol. The van der Waals surface area contributed by atoms with Crippen molar-refractivity contribution in [1.29, 1.82) is 0 Å². The van der Waals surface area contributed by atoms with Crippen LogP contribution in [0, 0.1) is 0 Å². The smallest absolute Gasteiger partial charge is 1.00 e.